The van der Waals surface area contributed by atoms with Crippen LogP contribution in [0.2, 0.25) is 0 Å². The number of carbonyl (C=O) groups excluding carboxylic acids is 1. The first-order chi connectivity index (χ1) is 6.36. The van der Waals surface area contributed by atoms with Gasteiger partial charge in [0, 0.05) is 18.5 Å². The number of nitrogens with zero attached hydrogens (tertiary/aromatic N) is 3. The Morgan fingerprint density at radius 1 is 1.62 bits per heavy atom. The maximum Gasteiger partial charge on any atom is 0.155 e. The number of aromatic nitrogens is 2. The number of allylic oxidation sites excluding steroid dienone is 1. The van der Waals surface area contributed by atoms with Gasteiger partial charge in [0.25, 0.3) is 0 Å². The van der Waals surface area contributed by atoms with Crippen LogP contribution in [0.5, 0.6) is 0 Å². The van der Waals surface area contributed by atoms with Gasteiger partial charge in [0.2, 0.25) is 0 Å². The Balaban J connectivity index is 2.74. The molecule has 0 unspecified atom stereocenters. The molecule has 1 aromatic heterocycles. The number of hydrogen-bond acceptors (Lipinski definition) is 5. The molecule has 0 saturated carbocycles. The fourth-order valence-electron chi connectivity index (χ4n) is 0.595. The van der Waals surface area contributed by atoms with Crippen LogP contribution in [0.25, 0.3) is 0 Å². The minimum Gasteiger partial charge on any atom is -0.515 e. The molecule has 1 N–H and O–H groups in total. The lowest BCUT2D eigenvalue weighted by Crippen LogP contribution is -1.85. The Morgan fingerprint density at radius 2 is 2.46 bits per heavy atom. The molecule has 66 valence electrons. The predicted molar refractivity (Wildman–Crippen MR) is 47.0 cm³/mol. The number of hydrogen-bond donors (Lipinski definition) is 1. The minimum atomic E-state index is 0.0820. The third-order valence-electron chi connectivity index (χ3n) is 1.20. The molecule has 1 rings (SSSR count). The molecule has 1 aromatic rings. The van der Waals surface area contributed by atoms with Crippen molar-refractivity contribution >= 4 is 18.3 Å². The first kappa shape index (κ1) is 9.05. The van der Waals surface area contributed by atoms with E-state index in [2.05, 4.69) is 15.0 Å². The van der Waals surface area contributed by atoms with Crippen molar-refractivity contribution in [1.82, 2.24) is 9.97 Å². The quantitative estimate of drug-likeness (QED) is 0.321. The van der Waals surface area contributed by atoms with Gasteiger partial charge >= 0.3 is 0 Å². The molecule has 0 spiro atoms. The zero-order valence-electron chi connectivity index (χ0n) is 6.66. The van der Waals surface area contributed by atoms with Crippen molar-refractivity contribution in [3.05, 3.63) is 30.4 Å². The second kappa shape index (κ2) is 4.76. The average Bonchev–Trinajstić information content (AvgIpc) is 2.21. The van der Waals surface area contributed by atoms with Gasteiger partial charge in [0.05, 0.1) is 11.8 Å². The van der Waals surface area contributed by atoms with E-state index in [-0.39, 0.29) is 5.57 Å². The van der Waals surface area contributed by atoms with Gasteiger partial charge < -0.3 is 5.11 Å². The van der Waals surface area contributed by atoms with E-state index in [1.807, 2.05) is 0 Å². The van der Waals surface area contributed by atoms with Gasteiger partial charge in [-0.25, -0.2) is 15.0 Å². The van der Waals surface area contributed by atoms with Gasteiger partial charge in [-0.15, -0.1) is 0 Å². The van der Waals surface area contributed by atoms with Crippen molar-refractivity contribution < 1.29 is 9.90 Å². The molecule has 0 bridgehead atoms. The van der Waals surface area contributed by atoms with Crippen LogP contribution in [-0.4, -0.2) is 27.6 Å². The lowest BCUT2D eigenvalue weighted by atomic mass is 10.4. The highest BCUT2D eigenvalue weighted by atomic mass is 16.2. The van der Waals surface area contributed by atoms with Crippen molar-refractivity contribution in [2.24, 2.45) is 4.99 Å². The summed E-state index contributed by atoms with van der Waals surface area (Å²) in [7, 11) is 0. The Bertz CT molecular complexity index is 333. The monoisotopic (exact) mass is 177 g/mol. The highest BCUT2D eigenvalue weighted by Crippen LogP contribution is 2.02. The van der Waals surface area contributed by atoms with Crippen LogP contribution in [0.3, 0.4) is 0 Å². The minimum absolute atomic E-state index is 0.0820. The average molecular weight is 177 g/mol. The molecule has 0 radical (unpaired) electrons. The van der Waals surface area contributed by atoms with Gasteiger partial charge in [0.15, 0.2) is 12.1 Å². The molecule has 0 fully saturated rings. The summed E-state index contributed by atoms with van der Waals surface area (Å²) in [5.41, 5.74) is 0.0820. The van der Waals surface area contributed by atoms with Gasteiger partial charge in [-0.1, -0.05) is 0 Å². The van der Waals surface area contributed by atoms with Crippen LogP contribution in [0.4, 0.5) is 5.82 Å². The molecule has 0 atom stereocenters. The van der Waals surface area contributed by atoms with E-state index >= 15 is 0 Å². The summed E-state index contributed by atoms with van der Waals surface area (Å²) in [4.78, 5) is 21.5. The molecule has 0 aliphatic carbocycles. The summed E-state index contributed by atoms with van der Waals surface area (Å²) in [5.74, 6) is 0.427. The topological polar surface area (TPSA) is 75.4 Å². The first-order valence-electron chi connectivity index (χ1n) is 3.46. The molecule has 1 heterocycles. The number of rotatable bonds is 3. The molecule has 5 heteroatoms. The van der Waals surface area contributed by atoms with E-state index in [0.717, 1.165) is 0 Å². The van der Waals surface area contributed by atoms with E-state index in [4.69, 9.17) is 5.11 Å². The van der Waals surface area contributed by atoms with Crippen molar-refractivity contribution in [3.8, 4) is 0 Å². The van der Waals surface area contributed by atoms with E-state index in [9.17, 15) is 4.79 Å². The molecule has 0 aromatic carbocycles. The number of aliphatic imine (C=N–C) groups is 1. The number of aldehydes is 1. The Morgan fingerprint density at radius 3 is 3.00 bits per heavy atom. The van der Waals surface area contributed by atoms with Crippen LogP contribution < -0.4 is 0 Å². The van der Waals surface area contributed by atoms with E-state index < -0.39 is 0 Å². The summed E-state index contributed by atoms with van der Waals surface area (Å²) < 4.78 is 0. The van der Waals surface area contributed by atoms with Crippen LogP contribution in [0, 0.1) is 0 Å². The normalized spacial score (nSPS) is 11.8. The highest BCUT2D eigenvalue weighted by molar-refractivity contribution is 6.02. The van der Waals surface area contributed by atoms with Gasteiger partial charge in [0.1, 0.15) is 6.33 Å². The lowest BCUT2D eigenvalue weighted by Gasteiger charge is -1.88. The maximum atomic E-state index is 10.2. The summed E-state index contributed by atoms with van der Waals surface area (Å²) >= 11 is 0. The van der Waals surface area contributed by atoms with Crippen LogP contribution in [0.1, 0.15) is 0 Å². The summed E-state index contributed by atoms with van der Waals surface area (Å²) in [6.45, 7) is 0. The highest BCUT2D eigenvalue weighted by Gasteiger charge is 1.89. The predicted octanol–water partition coefficient (Wildman–Crippen LogP) is 0.820. The Hall–Kier alpha value is -2.04. The fourth-order valence-corrected chi connectivity index (χ4v) is 0.595. The van der Waals surface area contributed by atoms with Crippen LogP contribution in [-0.2, 0) is 4.79 Å². The smallest absolute Gasteiger partial charge is 0.155 e. The van der Waals surface area contributed by atoms with Crippen LogP contribution in [0.15, 0.2) is 35.4 Å². The molecule has 0 aliphatic rings. The summed E-state index contributed by atoms with van der Waals surface area (Å²) in [6.07, 6.45) is 5.26. The third-order valence-corrected chi connectivity index (χ3v) is 1.20. The largest absolute Gasteiger partial charge is 0.515 e. The standard InChI is InChI=1S/C8H7N3O2/c12-4-7(5-13)3-10-8-1-2-9-6-11-8/h1-6,12H/b7-4-,10-3?. The molecule has 0 aliphatic heterocycles. The maximum absolute atomic E-state index is 10.2. The molecular weight excluding hydrogens is 170 g/mol. The number of aliphatic hydroxyl groups excluding tert-OH is 1. The van der Waals surface area contributed by atoms with Crippen molar-refractivity contribution in [2.45, 2.75) is 0 Å². The lowest BCUT2D eigenvalue weighted by molar-refractivity contribution is -0.104. The fraction of sp³-hybridized carbons (Fsp3) is 0. The molecule has 0 amide bonds. The Labute approximate surface area is 74.5 Å². The van der Waals surface area contributed by atoms with Gasteiger partial charge in [-0.3, -0.25) is 4.79 Å². The first-order valence-corrected chi connectivity index (χ1v) is 3.46. The number of aliphatic hydroxyl groups is 1. The second-order valence-corrected chi connectivity index (χ2v) is 2.07. The Kier molecular flexibility index (Phi) is 3.31. The molecular formula is C8H7N3O2. The summed E-state index contributed by atoms with van der Waals surface area (Å²) in [5, 5.41) is 8.49. The second-order valence-electron chi connectivity index (χ2n) is 2.07. The molecule has 13 heavy (non-hydrogen) atoms. The van der Waals surface area contributed by atoms with Crippen molar-refractivity contribution in [3.63, 3.8) is 0 Å². The molecule has 0 saturated heterocycles. The SMILES string of the molecule is O=C/C(C=Nc1ccncn1)=C\O. The zero-order chi connectivity index (χ0) is 9.52. The van der Waals surface area contributed by atoms with E-state index in [0.29, 0.717) is 18.4 Å². The number of carbonyl (C=O) groups is 1. The van der Waals surface area contributed by atoms with Crippen molar-refractivity contribution in [2.75, 3.05) is 0 Å². The van der Waals surface area contributed by atoms with Crippen LogP contribution >= 0.6 is 0 Å². The van der Waals surface area contributed by atoms with E-state index in [1.54, 1.807) is 6.07 Å². The molecule has 5 nitrogen and oxygen atoms in total. The summed E-state index contributed by atoms with van der Waals surface area (Å²) in [6, 6.07) is 1.58. The third kappa shape index (κ3) is 2.82. The van der Waals surface area contributed by atoms with Gasteiger partial charge in [-0.2, -0.15) is 0 Å². The van der Waals surface area contributed by atoms with Gasteiger partial charge in [-0.05, 0) is 0 Å². The van der Waals surface area contributed by atoms with E-state index in [1.165, 1.54) is 18.7 Å². The van der Waals surface area contributed by atoms with Crippen molar-refractivity contribution in [1.29, 1.82) is 0 Å². The zero-order valence-corrected chi connectivity index (χ0v) is 6.66.